The molecule has 1 atom stereocenters. The Morgan fingerprint density at radius 3 is 2.71 bits per heavy atom. The van der Waals surface area contributed by atoms with Gasteiger partial charge in [0, 0.05) is 15.2 Å². The van der Waals surface area contributed by atoms with E-state index >= 15 is 0 Å². The van der Waals surface area contributed by atoms with Gasteiger partial charge in [0.2, 0.25) is 5.91 Å². The lowest BCUT2D eigenvalue weighted by Gasteiger charge is -2.14. The molecule has 4 heteroatoms. The highest BCUT2D eigenvalue weighted by Crippen LogP contribution is 2.26. The normalized spacial score (nSPS) is 11.9. The number of rotatable bonds is 5. The molecule has 1 amide bonds. The van der Waals surface area contributed by atoms with Crippen molar-refractivity contribution in [1.29, 1.82) is 0 Å². The highest BCUT2D eigenvalue weighted by Gasteiger charge is 2.17. The zero-order valence-corrected chi connectivity index (χ0v) is 15.2. The molecule has 0 spiro atoms. The second-order valence-electron chi connectivity index (χ2n) is 5.52. The molecule has 0 fully saturated rings. The first kappa shape index (κ1) is 16.6. The highest BCUT2D eigenvalue weighted by atomic mass is 127. The number of hydrogen-bond acceptors (Lipinski definition) is 2. The minimum Gasteiger partial charge on any atom is -0.324 e. The van der Waals surface area contributed by atoms with Gasteiger partial charge in [-0.25, -0.2) is 0 Å². The summed E-state index contributed by atoms with van der Waals surface area (Å²) in [6, 6.07) is 17.8. The lowest BCUT2D eigenvalue weighted by molar-refractivity contribution is -0.118. The summed E-state index contributed by atoms with van der Waals surface area (Å²) in [5.41, 5.74) is 2.65. The SMILES string of the molecule is C=CC(Cc1ccccc1)C(=O)Nc1ccc(I)c2cccnc12. The third kappa shape index (κ3) is 3.64. The van der Waals surface area contributed by atoms with Crippen LogP contribution in [0.4, 0.5) is 5.69 Å². The van der Waals surface area contributed by atoms with E-state index in [-0.39, 0.29) is 11.8 Å². The Morgan fingerprint density at radius 1 is 1.17 bits per heavy atom. The minimum absolute atomic E-state index is 0.0676. The van der Waals surface area contributed by atoms with Gasteiger partial charge in [0.05, 0.1) is 17.1 Å². The van der Waals surface area contributed by atoms with Gasteiger partial charge in [0.25, 0.3) is 0 Å². The van der Waals surface area contributed by atoms with E-state index in [0.29, 0.717) is 6.42 Å². The van der Waals surface area contributed by atoms with E-state index in [1.54, 1.807) is 12.3 Å². The van der Waals surface area contributed by atoms with Crippen molar-refractivity contribution in [2.45, 2.75) is 6.42 Å². The maximum Gasteiger partial charge on any atom is 0.231 e. The van der Waals surface area contributed by atoms with Gasteiger partial charge in [-0.15, -0.1) is 6.58 Å². The Bertz CT molecular complexity index is 877. The van der Waals surface area contributed by atoms with Crippen molar-refractivity contribution in [2.24, 2.45) is 5.92 Å². The largest absolute Gasteiger partial charge is 0.324 e. The molecule has 1 unspecified atom stereocenters. The molecule has 0 saturated carbocycles. The molecule has 0 aliphatic carbocycles. The van der Waals surface area contributed by atoms with E-state index in [9.17, 15) is 4.79 Å². The Balaban J connectivity index is 1.83. The molecule has 3 rings (SSSR count). The van der Waals surface area contributed by atoms with Gasteiger partial charge < -0.3 is 5.32 Å². The maximum atomic E-state index is 12.7. The predicted molar refractivity (Wildman–Crippen MR) is 107 cm³/mol. The summed E-state index contributed by atoms with van der Waals surface area (Å²) >= 11 is 2.28. The molecular weight excluding hydrogens is 411 g/mol. The predicted octanol–water partition coefficient (Wildman–Crippen LogP) is 4.82. The number of pyridine rings is 1. The monoisotopic (exact) mass is 428 g/mol. The molecule has 0 aliphatic heterocycles. The quantitative estimate of drug-likeness (QED) is 0.468. The van der Waals surface area contributed by atoms with E-state index in [1.165, 1.54) is 0 Å². The van der Waals surface area contributed by atoms with Gasteiger partial charge in [0.15, 0.2) is 0 Å². The van der Waals surface area contributed by atoms with Crippen LogP contribution in [-0.2, 0) is 11.2 Å². The second kappa shape index (κ2) is 7.57. The molecule has 120 valence electrons. The van der Waals surface area contributed by atoms with Gasteiger partial charge in [-0.2, -0.15) is 0 Å². The first-order chi connectivity index (χ1) is 11.7. The topological polar surface area (TPSA) is 42.0 Å². The summed E-state index contributed by atoms with van der Waals surface area (Å²) in [5, 5.41) is 4.04. The van der Waals surface area contributed by atoms with Crippen LogP contribution in [0.1, 0.15) is 5.56 Å². The Hall–Kier alpha value is -2.21. The molecule has 1 heterocycles. The number of halogens is 1. The summed E-state index contributed by atoms with van der Waals surface area (Å²) in [7, 11) is 0. The van der Waals surface area contributed by atoms with Crippen LogP contribution in [0.15, 0.2) is 73.4 Å². The van der Waals surface area contributed by atoms with E-state index in [1.807, 2.05) is 54.6 Å². The van der Waals surface area contributed by atoms with Crippen molar-refractivity contribution in [3.05, 3.63) is 82.6 Å². The summed E-state index contributed by atoms with van der Waals surface area (Å²) in [4.78, 5) is 17.1. The van der Waals surface area contributed by atoms with Gasteiger partial charge in [-0.1, -0.05) is 42.5 Å². The van der Waals surface area contributed by atoms with E-state index in [4.69, 9.17) is 0 Å². The molecule has 1 aromatic heterocycles. The molecule has 0 saturated heterocycles. The molecule has 24 heavy (non-hydrogen) atoms. The van der Waals surface area contributed by atoms with E-state index < -0.39 is 0 Å². The average molecular weight is 428 g/mol. The first-order valence-corrected chi connectivity index (χ1v) is 8.77. The number of nitrogens with one attached hydrogen (secondary N) is 1. The fraction of sp³-hybridized carbons (Fsp3) is 0.100. The molecule has 1 N–H and O–H groups in total. The lowest BCUT2D eigenvalue weighted by Crippen LogP contribution is -2.23. The Labute approximate surface area is 154 Å². The summed E-state index contributed by atoms with van der Waals surface area (Å²) in [5.74, 6) is -0.354. The summed E-state index contributed by atoms with van der Waals surface area (Å²) in [6.07, 6.45) is 4.07. The molecule has 2 aromatic carbocycles. The summed E-state index contributed by atoms with van der Waals surface area (Å²) < 4.78 is 1.11. The number of nitrogens with zero attached hydrogens (tertiary/aromatic N) is 1. The molecular formula is C20H17IN2O. The number of aromatic nitrogens is 1. The van der Waals surface area contributed by atoms with Gasteiger partial charge in [-0.3, -0.25) is 9.78 Å². The molecule has 0 aliphatic rings. The van der Waals surface area contributed by atoms with Gasteiger partial charge in [-0.05, 0) is 52.8 Å². The summed E-state index contributed by atoms with van der Waals surface area (Å²) in [6.45, 7) is 3.82. The van der Waals surface area contributed by atoms with Crippen LogP contribution in [0.25, 0.3) is 10.9 Å². The fourth-order valence-electron chi connectivity index (χ4n) is 2.62. The lowest BCUT2D eigenvalue weighted by atomic mass is 9.98. The third-order valence-electron chi connectivity index (χ3n) is 3.89. The van der Waals surface area contributed by atoms with Crippen molar-refractivity contribution in [3.8, 4) is 0 Å². The van der Waals surface area contributed by atoms with Crippen LogP contribution in [0.2, 0.25) is 0 Å². The Kier molecular flexibility index (Phi) is 5.25. The van der Waals surface area contributed by atoms with Crippen LogP contribution in [0.3, 0.4) is 0 Å². The maximum absolute atomic E-state index is 12.7. The van der Waals surface area contributed by atoms with E-state index in [2.05, 4.69) is 39.5 Å². The van der Waals surface area contributed by atoms with E-state index in [0.717, 1.165) is 25.7 Å². The first-order valence-electron chi connectivity index (χ1n) is 7.69. The van der Waals surface area contributed by atoms with Crippen molar-refractivity contribution in [1.82, 2.24) is 4.98 Å². The van der Waals surface area contributed by atoms with Crippen molar-refractivity contribution in [3.63, 3.8) is 0 Å². The number of carbonyl (C=O) groups is 1. The second-order valence-corrected chi connectivity index (χ2v) is 6.68. The minimum atomic E-state index is -0.287. The fourth-order valence-corrected chi connectivity index (χ4v) is 3.23. The zero-order valence-electron chi connectivity index (χ0n) is 13.1. The van der Waals surface area contributed by atoms with Crippen LogP contribution < -0.4 is 5.32 Å². The number of carbonyl (C=O) groups excluding carboxylic acids is 1. The average Bonchev–Trinajstić information content (AvgIpc) is 2.63. The number of hydrogen-bond donors (Lipinski definition) is 1. The standard InChI is InChI=1S/C20H17IN2O/c1-2-15(13-14-7-4-3-5-8-14)20(24)23-18-11-10-17(21)16-9-6-12-22-19(16)18/h2-12,15H,1,13H2,(H,23,24). The zero-order chi connectivity index (χ0) is 16.9. The van der Waals surface area contributed by atoms with Crippen molar-refractivity contribution >= 4 is 45.1 Å². The molecule has 0 radical (unpaired) electrons. The van der Waals surface area contributed by atoms with Crippen LogP contribution in [-0.4, -0.2) is 10.9 Å². The third-order valence-corrected chi connectivity index (χ3v) is 4.83. The number of amides is 1. The smallest absolute Gasteiger partial charge is 0.231 e. The number of fused-ring (bicyclic) bond motifs is 1. The van der Waals surface area contributed by atoms with Crippen LogP contribution >= 0.6 is 22.6 Å². The number of anilines is 1. The molecule has 3 nitrogen and oxygen atoms in total. The molecule has 0 bridgehead atoms. The van der Waals surface area contributed by atoms with Crippen molar-refractivity contribution in [2.75, 3.05) is 5.32 Å². The van der Waals surface area contributed by atoms with Crippen molar-refractivity contribution < 1.29 is 4.79 Å². The van der Waals surface area contributed by atoms with Gasteiger partial charge >= 0.3 is 0 Å². The van der Waals surface area contributed by atoms with Gasteiger partial charge in [0.1, 0.15) is 0 Å². The molecule has 3 aromatic rings. The van der Waals surface area contributed by atoms with Crippen LogP contribution in [0.5, 0.6) is 0 Å². The highest BCUT2D eigenvalue weighted by molar-refractivity contribution is 14.1. The number of benzene rings is 2. The van der Waals surface area contributed by atoms with Crippen LogP contribution in [0, 0.1) is 9.49 Å². The Morgan fingerprint density at radius 2 is 1.96 bits per heavy atom.